The maximum Gasteiger partial charge on any atom is 0.312 e. The molecule has 2 aromatic rings. The average molecular weight is 395 g/mol. The lowest BCUT2D eigenvalue weighted by molar-refractivity contribution is -0.116. The summed E-state index contributed by atoms with van der Waals surface area (Å²) >= 11 is 0. The van der Waals surface area contributed by atoms with Crippen molar-refractivity contribution < 1.29 is 19.1 Å². The lowest BCUT2D eigenvalue weighted by Crippen LogP contribution is -2.40. The Balaban J connectivity index is 1.42. The molecule has 1 unspecified atom stereocenters. The smallest absolute Gasteiger partial charge is 0.312 e. The molecule has 0 bridgehead atoms. The molecule has 1 aliphatic carbocycles. The number of urea groups is 1. The third kappa shape index (κ3) is 4.45. The molecule has 1 heterocycles. The molecular formula is C22H25N3O4. The maximum atomic E-state index is 12.6. The number of nitrogens with two attached hydrogens (primary N) is 1. The molecule has 4 N–H and O–H groups in total. The van der Waals surface area contributed by atoms with Gasteiger partial charge in [-0.25, -0.2) is 4.79 Å². The topological polar surface area (TPSA) is 103 Å². The van der Waals surface area contributed by atoms with Crippen LogP contribution in [0.4, 0.5) is 10.5 Å². The lowest BCUT2D eigenvalue weighted by Gasteiger charge is -2.31. The molecule has 1 spiro atoms. The van der Waals surface area contributed by atoms with Crippen LogP contribution in [0.3, 0.4) is 0 Å². The third-order valence-corrected chi connectivity index (χ3v) is 5.34. The predicted molar refractivity (Wildman–Crippen MR) is 109 cm³/mol. The maximum absolute atomic E-state index is 12.6. The highest BCUT2D eigenvalue weighted by Crippen LogP contribution is 2.46. The Labute approximate surface area is 169 Å². The zero-order valence-electron chi connectivity index (χ0n) is 16.1. The van der Waals surface area contributed by atoms with E-state index in [1.807, 2.05) is 36.4 Å². The highest BCUT2D eigenvalue weighted by Gasteiger charge is 2.42. The van der Waals surface area contributed by atoms with E-state index < -0.39 is 17.9 Å². The number of fused-ring (bicyclic) bond motifs is 1. The number of carbonyl (C=O) groups excluding carboxylic acids is 2. The summed E-state index contributed by atoms with van der Waals surface area (Å²) in [6.07, 6.45) is 5.19. The van der Waals surface area contributed by atoms with Gasteiger partial charge in [0.15, 0.2) is 11.5 Å². The fourth-order valence-electron chi connectivity index (χ4n) is 3.97. The number of benzene rings is 2. The highest BCUT2D eigenvalue weighted by molar-refractivity contribution is 5.92. The Morgan fingerprint density at radius 2 is 1.72 bits per heavy atom. The van der Waals surface area contributed by atoms with E-state index in [1.54, 1.807) is 12.1 Å². The average Bonchev–Trinajstić information content (AvgIpc) is 3.04. The number of rotatable bonds is 5. The van der Waals surface area contributed by atoms with Crippen LogP contribution in [0.5, 0.6) is 11.5 Å². The van der Waals surface area contributed by atoms with Gasteiger partial charge in [0.2, 0.25) is 5.91 Å². The second-order valence-electron chi connectivity index (χ2n) is 7.56. The molecule has 4 rings (SSSR count). The van der Waals surface area contributed by atoms with Crippen molar-refractivity contribution in [1.29, 1.82) is 0 Å². The number of carbonyl (C=O) groups is 2. The Morgan fingerprint density at radius 1 is 1.00 bits per heavy atom. The number of nitrogens with one attached hydrogen (secondary N) is 2. The molecule has 0 saturated heterocycles. The minimum absolute atomic E-state index is 0.0608. The second kappa shape index (κ2) is 8.03. The van der Waals surface area contributed by atoms with Crippen LogP contribution in [0, 0.1) is 0 Å². The first-order valence-corrected chi connectivity index (χ1v) is 9.96. The van der Waals surface area contributed by atoms with Crippen molar-refractivity contribution in [2.24, 2.45) is 5.73 Å². The fraction of sp³-hybridized carbons (Fsp3) is 0.364. The molecule has 0 radical (unpaired) electrons. The summed E-state index contributed by atoms with van der Waals surface area (Å²) in [5.74, 6) is 0.577. The number of hydrogen-bond acceptors (Lipinski definition) is 4. The molecule has 7 heteroatoms. The van der Waals surface area contributed by atoms with Crippen LogP contribution in [-0.2, 0) is 4.79 Å². The first kappa shape index (κ1) is 19.1. The zero-order valence-corrected chi connectivity index (χ0v) is 16.1. The van der Waals surface area contributed by atoms with Gasteiger partial charge in [-0.2, -0.15) is 0 Å². The summed E-state index contributed by atoms with van der Waals surface area (Å²) in [6.45, 7) is 0. The molecule has 2 aromatic carbocycles. The van der Waals surface area contributed by atoms with Crippen molar-refractivity contribution in [2.75, 3.05) is 5.32 Å². The standard InChI is InChI=1S/C22H25N3O4/c23-21(27)25-17(15-7-3-1-4-8-15)14-20(26)24-16-9-10-18-19(13-16)29-22(28-18)11-5-2-6-12-22/h1,3-4,7-10,13,17H,2,5-6,11-12,14H2,(H,24,26)(H3,23,25,27). The highest BCUT2D eigenvalue weighted by atomic mass is 16.7. The largest absolute Gasteiger partial charge is 0.448 e. The number of ether oxygens (including phenoxy) is 2. The van der Waals surface area contributed by atoms with Gasteiger partial charge in [0.05, 0.1) is 12.5 Å². The van der Waals surface area contributed by atoms with E-state index in [1.165, 1.54) is 6.42 Å². The molecule has 1 atom stereocenters. The van der Waals surface area contributed by atoms with Crippen molar-refractivity contribution in [1.82, 2.24) is 5.32 Å². The minimum Gasteiger partial charge on any atom is -0.448 e. The summed E-state index contributed by atoms with van der Waals surface area (Å²) in [4.78, 5) is 23.9. The molecule has 0 aromatic heterocycles. The molecular weight excluding hydrogens is 370 g/mol. The van der Waals surface area contributed by atoms with E-state index in [0.29, 0.717) is 17.2 Å². The van der Waals surface area contributed by atoms with E-state index in [-0.39, 0.29) is 12.3 Å². The Kier molecular flexibility index (Phi) is 5.29. The number of hydrogen-bond donors (Lipinski definition) is 3. The van der Waals surface area contributed by atoms with Gasteiger partial charge in [0.1, 0.15) is 0 Å². The molecule has 152 valence electrons. The predicted octanol–water partition coefficient (Wildman–Crippen LogP) is 3.86. The summed E-state index contributed by atoms with van der Waals surface area (Å²) in [5.41, 5.74) is 6.71. The van der Waals surface area contributed by atoms with Crippen molar-refractivity contribution in [3.8, 4) is 11.5 Å². The van der Waals surface area contributed by atoms with E-state index >= 15 is 0 Å². The van der Waals surface area contributed by atoms with Crippen LogP contribution in [0.1, 0.15) is 50.1 Å². The van der Waals surface area contributed by atoms with Gasteiger partial charge in [-0.15, -0.1) is 0 Å². The molecule has 1 saturated carbocycles. The van der Waals surface area contributed by atoms with Gasteiger partial charge >= 0.3 is 6.03 Å². The Morgan fingerprint density at radius 3 is 2.45 bits per heavy atom. The van der Waals surface area contributed by atoms with E-state index in [9.17, 15) is 9.59 Å². The summed E-state index contributed by atoms with van der Waals surface area (Å²) in [7, 11) is 0. The van der Waals surface area contributed by atoms with Gasteiger partial charge in [-0.3, -0.25) is 4.79 Å². The minimum atomic E-state index is -0.674. The Hall–Kier alpha value is -3.22. The Bertz CT molecular complexity index is 894. The summed E-state index contributed by atoms with van der Waals surface area (Å²) in [6, 6.07) is 13.5. The molecule has 29 heavy (non-hydrogen) atoms. The monoisotopic (exact) mass is 395 g/mol. The normalized spacial score (nSPS) is 17.5. The van der Waals surface area contributed by atoms with Crippen LogP contribution in [0.25, 0.3) is 0 Å². The number of primary amides is 1. The first-order valence-electron chi connectivity index (χ1n) is 9.96. The quantitative estimate of drug-likeness (QED) is 0.715. The van der Waals surface area contributed by atoms with E-state index in [0.717, 1.165) is 31.2 Å². The van der Waals surface area contributed by atoms with Crippen molar-refractivity contribution in [2.45, 2.75) is 50.4 Å². The molecule has 7 nitrogen and oxygen atoms in total. The van der Waals surface area contributed by atoms with Crippen LogP contribution in [0.15, 0.2) is 48.5 Å². The van der Waals surface area contributed by atoms with Gasteiger partial charge in [-0.05, 0) is 30.5 Å². The third-order valence-electron chi connectivity index (χ3n) is 5.34. The van der Waals surface area contributed by atoms with Gasteiger partial charge in [-0.1, -0.05) is 36.8 Å². The van der Waals surface area contributed by atoms with Crippen molar-refractivity contribution >= 4 is 17.6 Å². The summed E-state index contributed by atoms with van der Waals surface area (Å²) in [5, 5.41) is 5.50. The molecule has 3 amide bonds. The number of anilines is 1. The number of amides is 3. The van der Waals surface area contributed by atoms with Gasteiger partial charge in [0, 0.05) is 24.6 Å². The molecule has 2 aliphatic rings. The van der Waals surface area contributed by atoms with Crippen LogP contribution < -0.4 is 25.8 Å². The van der Waals surface area contributed by atoms with E-state index in [4.69, 9.17) is 15.2 Å². The zero-order chi connectivity index (χ0) is 20.3. The SMILES string of the molecule is NC(=O)NC(CC(=O)Nc1ccc2c(c1)OC1(CCCCC1)O2)c1ccccc1. The van der Waals surface area contributed by atoms with Crippen molar-refractivity contribution in [3.05, 3.63) is 54.1 Å². The lowest BCUT2D eigenvalue weighted by atomic mass is 9.94. The van der Waals surface area contributed by atoms with Crippen LogP contribution in [0.2, 0.25) is 0 Å². The van der Waals surface area contributed by atoms with Crippen LogP contribution >= 0.6 is 0 Å². The second-order valence-corrected chi connectivity index (χ2v) is 7.56. The molecule has 1 fully saturated rings. The van der Waals surface area contributed by atoms with Gasteiger partial charge in [0.25, 0.3) is 5.79 Å². The van der Waals surface area contributed by atoms with Crippen LogP contribution in [-0.4, -0.2) is 17.7 Å². The molecule has 1 aliphatic heterocycles. The van der Waals surface area contributed by atoms with E-state index in [2.05, 4.69) is 10.6 Å². The fourth-order valence-corrected chi connectivity index (χ4v) is 3.97. The summed E-state index contributed by atoms with van der Waals surface area (Å²) < 4.78 is 12.2. The van der Waals surface area contributed by atoms with Gasteiger partial charge < -0.3 is 25.8 Å². The van der Waals surface area contributed by atoms with Crippen molar-refractivity contribution in [3.63, 3.8) is 0 Å². The first-order chi connectivity index (χ1) is 14.0.